The maximum absolute atomic E-state index is 8.29. The number of hydrogen-bond donors (Lipinski definition) is 3. The lowest BCUT2D eigenvalue weighted by Crippen LogP contribution is -2.15. The first kappa shape index (κ1) is 8.25. The monoisotopic (exact) mass is 167 g/mol. The summed E-state index contributed by atoms with van der Waals surface area (Å²) in [5, 5.41) is 13.9. The molecule has 1 aromatic rings. The molecule has 0 radical (unpaired) electrons. The number of rotatable bonds is 2. The van der Waals surface area contributed by atoms with Crippen molar-refractivity contribution >= 4 is 11.7 Å². The zero-order valence-electron chi connectivity index (χ0n) is 6.52. The predicted octanol–water partition coefficient (Wildman–Crippen LogP) is -0.387. The van der Waals surface area contributed by atoms with E-state index in [0.717, 1.165) is 0 Å². The first-order valence-corrected chi connectivity index (χ1v) is 3.25. The van der Waals surface area contributed by atoms with E-state index in [9.17, 15) is 0 Å². The topological polar surface area (TPSA) is 96.4 Å². The normalized spacial score (nSPS) is 11.2. The Morgan fingerprint density at radius 3 is 2.75 bits per heavy atom. The summed E-state index contributed by atoms with van der Waals surface area (Å²) in [6, 6.07) is 0. The second-order valence-corrected chi connectivity index (χ2v) is 2.02. The highest BCUT2D eigenvalue weighted by Crippen LogP contribution is 1.98. The molecule has 0 fully saturated rings. The summed E-state index contributed by atoms with van der Waals surface area (Å²) in [5.41, 5.74) is 5.61. The Morgan fingerprint density at radius 1 is 1.58 bits per heavy atom. The molecule has 0 saturated heterocycles. The van der Waals surface area contributed by atoms with E-state index in [1.54, 1.807) is 7.05 Å². The average Bonchev–Trinajstić information content (AvgIpc) is 2.17. The largest absolute Gasteiger partial charge is 0.409 e. The molecule has 0 aliphatic carbocycles. The number of amidine groups is 1. The molecule has 4 N–H and O–H groups in total. The van der Waals surface area contributed by atoms with Gasteiger partial charge in [0.05, 0.1) is 12.4 Å². The molecule has 1 aromatic heterocycles. The molecule has 0 aliphatic rings. The fraction of sp³-hybridized carbons (Fsp3) is 0.167. The Balaban J connectivity index is 2.92. The van der Waals surface area contributed by atoms with Gasteiger partial charge in [-0.2, -0.15) is 0 Å². The molecular weight excluding hydrogens is 158 g/mol. The molecule has 0 atom stereocenters. The molecule has 64 valence electrons. The third-order valence-electron chi connectivity index (χ3n) is 1.28. The lowest BCUT2D eigenvalue weighted by molar-refractivity contribution is 0.318. The van der Waals surface area contributed by atoms with E-state index in [-0.39, 0.29) is 5.84 Å². The van der Waals surface area contributed by atoms with E-state index in [4.69, 9.17) is 10.9 Å². The maximum atomic E-state index is 8.29. The third-order valence-corrected chi connectivity index (χ3v) is 1.28. The number of aromatic nitrogens is 2. The maximum Gasteiger partial charge on any atom is 0.190 e. The number of nitrogens with zero attached hydrogens (tertiary/aromatic N) is 3. The van der Waals surface area contributed by atoms with Gasteiger partial charge in [-0.1, -0.05) is 5.16 Å². The molecule has 0 amide bonds. The van der Waals surface area contributed by atoms with Gasteiger partial charge in [0.25, 0.3) is 0 Å². The first-order chi connectivity index (χ1) is 5.77. The van der Waals surface area contributed by atoms with Gasteiger partial charge >= 0.3 is 0 Å². The van der Waals surface area contributed by atoms with Gasteiger partial charge in [-0.05, 0) is 0 Å². The minimum absolute atomic E-state index is 0.0508. The highest BCUT2D eigenvalue weighted by Gasteiger charge is 2.00. The van der Waals surface area contributed by atoms with E-state index in [1.807, 2.05) is 0 Å². The van der Waals surface area contributed by atoms with E-state index in [0.29, 0.717) is 11.5 Å². The number of nitrogens with two attached hydrogens (primary N) is 1. The van der Waals surface area contributed by atoms with Crippen LogP contribution in [0.15, 0.2) is 17.5 Å². The van der Waals surface area contributed by atoms with Gasteiger partial charge in [0, 0.05) is 7.05 Å². The molecule has 1 rings (SSSR count). The van der Waals surface area contributed by atoms with E-state index in [1.165, 1.54) is 12.4 Å². The van der Waals surface area contributed by atoms with Crippen LogP contribution in [0.4, 0.5) is 5.82 Å². The Hall–Kier alpha value is -1.85. The fourth-order valence-corrected chi connectivity index (χ4v) is 0.641. The summed E-state index contributed by atoms with van der Waals surface area (Å²) in [7, 11) is 1.73. The Bertz CT molecular complexity index is 280. The summed E-state index contributed by atoms with van der Waals surface area (Å²) in [6.07, 6.45) is 2.91. The molecule has 0 aliphatic heterocycles. The van der Waals surface area contributed by atoms with Gasteiger partial charge in [0.2, 0.25) is 0 Å². The highest BCUT2D eigenvalue weighted by molar-refractivity contribution is 5.94. The molecule has 0 bridgehead atoms. The second-order valence-electron chi connectivity index (χ2n) is 2.02. The Morgan fingerprint density at radius 2 is 2.33 bits per heavy atom. The zero-order chi connectivity index (χ0) is 8.97. The molecule has 0 unspecified atom stereocenters. The highest BCUT2D eigenvalue weighted by atomic mass is 16.4. The third kappa shape index (κ3) is 1.60. The predicted molar refractivity (Wildman–Crippen MR) is 44.1 cm³/mol. The number of hydrogen-bond acceptors (Lipinski definition) is 5. The minimum atomic E-state index is -0.0508. The molecule has 0 spiro atoms. The van der Waals surface area contributed by atoms with Gasteiger partial charge in [-0.3, -0.25) is 0 Å². The van der Waals surface area contributed by atoms with Crippen LogP contribution in [0.2, 0.25) is 0 Å². The zero-order valence-corrected chi connectivity index (χ0v) is 6.52. The van der Waals surface area contributed by atoms with Crippen molar-refractivity contribution in [3.05, 3.63) is 18.1 Å². The van der Waals surface area contributed by atoms with E-state index >= 15 is 0 Å². The molecular formula is C6H9N5O. The summed E-state index contributed by atoms with van der Waals surface area (Å²) < 4.78 is 0. The smallest absolute Gasteiger partial charge is 0.190 e. The van der Waals surface area contributed by atoms with Gasteiger partial charge < -0.3 is 16.3 Å². The molecule has 6 nitrogen and oxygen atoms in total. The second kappa shape index (κ2) is 3.51. The van der Waals surface area contributed by atoms with Crippen molar-refractivity contribution in [2.75, 3.05) is 12.4 Å². The number of anilines is 1. The quantitative estimate of drug-likeness (QED) is 0.241. The van der Waals surface area contributed by atoms with E-state index in [2.05, 4.69) is 20.4 Å². The van der Waals surface area contributed by atoms with Crippen LogP contribution in [0, 0.1) is 0 Å². The van der Waals surface area contributed by atoms with Crippen LogP contribution in [-0.2, 0) is 0 Å². The van der Waals surface area contributed by atoms with Crippen molar-refractivity contribution in [1.82, 2.24) is 9.97 Å². The SMILES string of the molecule is CNc1cnc(/C(N)=N/O)cn1. The van der Waals surface area contributed by atoms with Crippen LogP contribution in [0.3, 0.4) is 0 Å². The van der Waals surface area contributed by atoms with Crippen molar-refractivity contribution in [2.24, 2.45) is 10.9 Å². The van der Waals surface area contributed by atoms with E-state index < -0.39 is 0 Å². The first-order valence-electron chi connectivity index (χ1n) is 3.25. The van der Waals surface area contributed by atoms with Crippen LogP contribution < -0.4 is 11.1 Å². The molecule has 1 heterocycles. The number of nitrogens with one attached hydrogen (secondary N) is 1. The Kier molecular flexibility index (Phi) is 2.42. The van der Waals surface area contributed by atoms with Crippen molar-refractivity contribution < 1.29 is 5.21 Å². The van der Waals surface area contributed by atoms with Crippen LogP contribution in [0.1, 0.15) is 5.69 Å². The van der Waals surface area contributed by atoms with Gasteiger partial charge in [-0.15, -0.1) is 0 Å². The standard InChI is InChI=1S/C6H9N5O/c1-8-5-3-9-4(2-10-5)6(7)11-12/h2-3,12H,1H3,(H2,7,11)(H,8,10). The summed E-state index contributed by atoms with van der Waals surface area (Å²) in [5.74, 6) is 0.578. The summed E-state index contributed by atoms with van der Waals surface area (Å²) >= 11 is 0. The molecule has 0 aromatic carbocycles. The van der Waals surface area contributed by atoms with Crippen molar-refractivity contribution in [3.8, 4) is 0 Å². The minimum Gasteiger partial charge on any atom is -0.409 e. The van der Waals surface area contributed by atoms with Crippen molar-refractivity contribution in [1.29, 1.82) is 0 Å². The van der Waals surface area contributed by atoms with Crippen LogP contribution in [0.25, 0.3) is 0 Å². The van der Waals surface area contributed by atoms with Crippen LogP contribution >= 0.6 is 0 Å². The fourth-order valence-electron chi connectivity index (χ4n) is 0.641. The van der Waals surface area contributed by atoms with Gasteiger partial charge in [0.15, 0.2) is 5.84 Å². The molecule has 12 heavy (non-hydrogen) atoms. The molecule has 6 heteroatoms. The van der Waals surface area contributed by atoms with Gasteiger partial charge in [0.1, 0.15) is 11.5 Å². The van der Waals surface area contributed by atoms with Crippen molar-refractivity contribution in [2.45, 2.75) is 0 Å². The molecule has 0 saturated carbocycles. The lowest BCUT2D eigenvalue weighted by atomic mass is 10.4. The summed E-state index contributed by atoms with van der Waals surface area (Å²) in [6.45, 7) is 0. The Labute approximate surface area is 69.1 Å². The lowest BCUT2D eigenvalue weighted by Gasteiger charge is -1.99. The van der Waals surface area contributed by atoms with Crippen LogP contribution in [-0.4, -0.2) is 28.1 Å². The number of oxime groups is 1. The van der Waals surface area contributed by atoms with Crippen LogP contribution in [0.5, 0.6) is 0 Å². The van der Waals surface area contributed by atoms with Crippen molar-refractivity contribution in [3.63, 3.8) is 0 Å². The summed E-state index contributed by atoms with van der Waals surface area (Å²) in [4.78, 5) is 7.80. The van der Waals surface area contributed by atoms with Gasteiger partial charge in [-0.25, -0.2) is 9.97 Å². The average molecular weight is 167 g/mol.